The molecule has 2 saturated heterocycles. The van der Waals surface area contributed by atoms with Crippen molar-refractivity contribution in [3.8, 4) is 0 Å². The Balaban J connectivity index is 1.61. The molecular formula is C21H26N3O3S+. The number of nitrogens with one attached hydrogen (secondary N) is 1. The number of para-hydroxylation sites is 1. The minimum atomic E-state index is -1.01. The predicted octanol–water partition coefficient (Wildman–Crippen LogP) is 1.08. The van der Waals surface area contributed by atoms with E-state index in [0.717, 1.165) is 49.1 Å². The molecule has 0 aromatic heterocycles. The van der Waals surface area contributed by atoms with Gasteiger partial charge in [-0.3, -0.25) is 19.3 Å². The van der Waals surface area contributed by atoms with Crippen molar-refractivity contribution in [3.05, 3.63) is 29.8 Å². The normalized spacial score (nSPS) is 34.4. The van der Waals surface area contributed by atoms with Crippen LogP contribution in [-0.4, -0.2) is 46.7 Å². The van der Waals surface area contributed by atoms with Crippen molar-refractivity contribution in [1.82, 2.24) is 4.90 Å². The number of imide groups is 1. The van der Waals surface area contributed by atoms with E-state index < -0.39 is 17.4 Å². The second-order valence-electron chi connectivity index (χ2n) is 8.47. The van der Waals surface area contributed by atoms with Crippen molar-refractivity contribution in [2.45, 2.75) is 49.7 Å². The fourth-order valence-electron chi connectivity index (χ4n) is 5.98. The number of hydrogen-bond acceptors (Lipinski definition) is 4. The Kier molecular flexibility index (Phi) is 4.28. The zero-order valence-corrected chi connectivity index (χ0v) is 16.8. The number of anilines is 1. The lowest BCUT2D eigenvalue weighted by atomic mass is 9.76. The maximum absolute atomic E-state index is 13.6. The molecule has 6 nitrogen and oxygen atoms in total. The maximum atomic E-state index is 13.6. The van der Waals surface area contributed by atoms with Crippen molar-refractivity contribution < 1.29 is 19.7 Å². The highest BCUT2D eigenvalue weighted by Crippen LogP contribution is 2.50. The van der Waals surface area contributed by atoms with Crippen LogP contribution in [0.25, 0.3) is 0 Å². The van der Waals surface area contributed by atoms with Gasteiger partial charge in [-0.05, 0) is 30.9 Å². The summed E-state index contributed by atoms with van der Waals surface area (Å²) in [6.07, 6.45) is 6.78. The van der Waals surface area contributed by atoms with Crippen molar-refractivity contribution in [2.24, 2.45) is 11.8 Å². The van der Waals surface area contributed by atoms with Gasteiger partial charge in [-0.2, -0.15) is 11.8 Å². The number of thioether (sulfide) groups is 1. The second kappa shape index (κ2) is 6.59. The summed E-state index contributed by atoms with van der Waals surface area (Å²) in [7, 11) is 0. The summed E-state index contributed by atoms with van der Waals surface area (Å²) >= 11 is 1.74. The smallest absolute Gasteiger partial charge is 0.291 e. The first-order chi connectivity index (χ1) is 13.6. The molecular weight excluding hydrogens is 374 g/mol. The number of hydrogen-bond donors (Lipinski definition) is 2. The Morgan fingerprint density at radius 1 is 1.18 bits per heavy atom. The van der Waals surface area contributed by atoms with Gasteiger partial charge in [0.15, 0.2) is 0 Å². The lowest BCUT2D eigenvalue weighted by molar-refractivity contribution is -0.733. The van der Waals surface area contributed by atoms with Gasteiger partial charge < -0.3 is 10.6 Å². The molecule has 0 radical (unpaired) electrons. The summed E-state index contributed by atoms with van der Waals surface area (Å²) in [6, 6.07) is 7.60. The molecule has 1 aromatic rings. The van der Waals surface area contributed by atoms with Crippen LogP contribution in [0, 0.1) is 11.8 Å². The average molecular weight is 401 g/mol. The number of benzene rings is 1. The average Bonchev–Trinajstić information content (AvgIpc) is 3.42. The van der Waals surface area contributed by atoms with Crippen LogP contribution < -0.4 is 10.6 Å². The minimum absolute atomic E-state index is 0.0172. The lowest BCUT2D eigenvalue weighted by Gasteiger charge is -2.28. The monoisotopic (exact) mass is 400 g/mol. The van der Waals surface area contributed by atoms with Gasteiger partial charge in [0.05, 0.1) is 5.69 Å². The van der Waals surface area contributed by atoms with Crippen LogP contribution in [0.2, 0.25) is 0 Å². The number of carbonyl (C=O) groups excluding carboxylic acids is 3. The number of carbonyl (C=O) groups is 3. The van der Waals surface area contributed by atoms with E-state index in [0.29, 0.717) is 0 Å². The maximum Gasteiger partial charge on any atom is 0.291 e. The second-order valence-corrected chi connectivity index (χ2v) is 9.45. The highest BCUT2D eigenvalue weighted by Gasteiger charge is 2.74. The number of nitrogens with zero attached hydrogens (tertiary/aromatic N) is 1. The largest absolute Gasteiger partial charge is 0.326 e. The Bertz CT molecular complexity index is 853. The van der Waals surface area contributed by atoms with Gasteiger partial charge in [-0.1, -0.05) is 31.0 Å². The van der Waals surface area contributed by atoms with Crippen LogP contribution in [-0.2, 0) is 19.9 Å². The number of amides is 3. The molecule has 0 unspecified atom stereocenters. The summed E-state index contributed by atoms with van der Waals surface area (Å²) in [5.74, 6) is -0.415. The van der Waals surface area contributed by atoms with E-state index in [9.17, 15) is 14.4 Å². The van der Waals surface area contributed by atoms with Gasteiger partial charge in [-0.15, -0.1) is 0 Å². The topological polar surface area (TPSA) is 83.1 Å². The first-order valence-corrected chi connectivity index (χ1v) is 11.6. The highest BCUT2D eigenvalue weighted by atomic mass is 32.2. The Morgan fingerprint density at radius 2 is 1.93 bits per heavy atom. The molecule has 1 spiro atoms. The molecule has 3 heterocycles. The highest BCUT2D eigenvalue weighted by molar-refractivity contribution is 7.98. The fraction of sp³-hybridized carbons (Fsp3) is 0.571. The third kappa shape index (κ3) is 2.29. The van der Waals surface area contributed by atoms with E-state index >= 15 is 0 Å². The van der Waals surface area contributed by atoms with E-state index in [1.165, 1.54) is 0 Å². The molecule has 1 aliphatic carbocycles. The van der Waals surface area contributed by atoms with Gasteiger partial charge in [-0.25, -0.2) is 0 Å². The van der Waals surface area contributed by atoms with Crippen molar-refractivity contribution in [2.75, 3.05) is 17.3 Å². The standard InChI is InChI=1S/C21H25N3O3S/c1-28-11-10-15-16-17(19(26)24(18(16)25)12-6-2-3-7-12)21(23-15)13-8-4-5-9-14(13)22-20(21)27/h4-5,8-9,12,15-17,23H,2-3,6-7,10-11H2,1H3,(H,22,27)/p+1/t15-,16+,17+,21-/m0/s1. The minimum Gasteiger partial charge on any atom is -0.326 e. The number of quaternary nitrogens is 1. The Labute approximate surface area is 168 Å². The lowest BCUT2D eigenvalue weighted by Crippen LogP contribution is -2.99. The summed E-state index contributed by atoms with van der Waals surface area (Å²) in [5, 5.41) is 5.02. The molecule has 1 saturated carbocycles. The molecule has 3 aliphatic heterocycles. The first kappa shape index (κ1) is 18.2. The van der Waals surface area contributed by atoms with Crippen LogP contribution in [0.15, 0.2) is 24.3 Å². The third-order valence-corrected chi connectivity index (χ3v) is 7.80. The van der Waals surface area contributed by atoms with E-state index in [1.807, 2.05) is 35.8 Å². The zero-order chi connectivity index (χ0) is 19.5. The van der Waals surface area contributed by atoms with E-state index in [-0.39, 0.29) is 29.8 Å². The van der Waals surface area contributed by atoms with Crippen LogP contribution >= 0.6 is 11.8 Å². The van der Waals surface area contributed by atoms with E-state index in [2.05, 4.69) is 5.32 Å². The molecule has 0 bridgehead atoms. The molecule has 148 valence electrons. The van der Waals surface area contributed by atoms with E-state index in [4.69, 9.17) is 0 Å². The van der Waals surface area contributed by atoms with E-state index in [1.54, 1.807) is 16.7 Å². The summed E-state index contributed by atoms with van der Waals surface area (Å²) < 4.78 is 0. The predicted molar refractivity (Wildman–Crippen MR) is 107 cm³/mol. The SMILES string of the molecule is CSCC[C@@H]1[NH2+][C@]2(C(=O)Nc3ccccc32)[C@H]2C(=O)N(C3CCCC3)C(=O)[C@H]12. The Morgan fingerprint density at radius 3 is 2.68 bits per heavy atom. The summed E-state index contributed by atoms with van der Waals surface area (Å²) in [4.78, 5) is 41.9. The van der Waals surface area contributed by atoms with Crippen LogP contribution in [0.3, 0.4) is 0 Å². The molecule has 7 heteroatoms. The number of rotatable bonds is 4. The van der Waals surface area contributed by atoms with Gasteiger partial charge in [0.1, 0.15) is 17.9 Å². The molecule has 3 N–H and O–H groups in total. The van der Waals surface area contributed by atoms with Crippen LogP contribution in [0.5, 0.6) is 0 Å². The van der Waals surface area contributed by atoms with Gasteiger partial charge in [0, 0.05) is 18.0 Å². The van der Waals surface area contributed by atoms with Gasteiger partial charge in [0.25, 0.3) is 5.91 Å². The molecule has 4 atom stereocenters. The van der Waals surface area contributed by atoms with Crippen molar-refractivity contribution in [1.29, 1.82) is 0 Å². The molecule has 4 aliphatic rings. The third-order valence-electron chi connectivity index (χ3n) is 7.16. The molecule has 3 fully saturated rings. The molecule has 5 rings (SSSR count). The summed E-state index contributed by atoms with van der Waals surface area (Å²) in [5.41, 5.74) is 0.619. The number of fused-ring (bicyclic) bond motifs is 4. The number of nitrogens with two attached hydrogens (primary N) is 1. The first-order valence-electron chi connectivity index (χ1n) is 10.2. The summed E-state index contributed by atoms with van der Waals surface area (Å²) in [6.45, 7) is 0. The van der Waals surface area contributed by atoms with Crippen molar-refractivity contribution in [3.63, 3.8) is 0 Å². The molecule has 3 amide bonds. The molecule has 28 heavy (non-hydrogen) atoms. The quantitative estimate of drug-likeness (QED) is 0.741. The zero-order valence-electron chi connectivity index (χ0n) is 16.0. The number of likely N-dealkylation sites (tertiary alicyclic amines) is 1. The fourth-order valence-corrected chi connectivity index (χ4v) is 6.49. The molecule has 1 aromatic carbocycles. The van der Waals surface area contributed by atoms with Gasteiger partial charge in [0.2, 0.25) is 17.4 Å². The van der Waals surface area contributed by atoms with Gasteiger partial charge >= 0.3 is 0 Å². The van der Waals surface area contributed by atoms with Crippen LogP contribution in [0.4, 0.5) is 5.69 Å². The Hall–Kier alpha value is -1.86. The van der Waals surface area contributed by atoms with Crippen LogP contribution in [0.1, 0.15) is 37.7 Å². The van der Waals surface area contributed by atoms with Crippen molar-refractivity contribution >= 4 is 35.2 Å².